The largest absolute Gasteiger partial charge is 0.490 e. The Morgan fingerprint density at radius 3 is 2.71 bits per heavy atom. The lowest BCUT2D eigenvalue weighted by Gasteiger charge is -2.13. The first-order valence-corrected chi connectivity index (χ1v) is 12.0. The molecule has 0 spiro atoms. The first-order chi connectivity index (χ1) is 16.8. The normalized spacial score (nSPS) is 11.1. The van der Waals surface area contributed by atoms with E-state index in [1.165, 1.54) is 18.5 Å². The SMILES string of the molecule is CCOc1c(CC(=O)O)ccc(-c2cc(NCCc3c(C)sc4c(C)cc(F)cc34)ncn2)c1F. The summed E-state index contributed by atoms with van der Waals surface area (Å²) in [7, 11) is 0. The van der Waals surface area contributed by atoms with Crippen molar-refractivity contribution < 1.29 is 23.4 Å². The summed E-state index contributed by atoms with van der Waals surface area (Å²) in [5, 5.41) is 13.3. The van der Waals surface area contributed by atoms with Crippen LogP contribution in [0.3, 0.4) is 0 Å². The first-order valence-electron chi connectivity index (χ1n) is 11.2. The number of aryl methyl sites for hydroxylation is 2. The Morgan fingerprint density at radius 1 is 1.17 bits per heavy atom. The predicted octanol–water partition coefficient (Wildman–Crippen LogP) is 5.93. The molecule has 0 aliphatic rings. The van der Waals surface area contributed by atoms with Crippen molar-refractivity contribution in [2.75, 3.05) is 18.5 Å². The third-order valence-corrected chi connectivity index (χ3v) is 6.98. The fraction of sp³-hybridized carbons (Fsp3) is 0.269. The number of fused-ring (bicyclic) bond motifs is 1. The average Bonchev–Trinajstić information content (AvgIpc) is 3.12. The molecular formula is C26H25F2N3O3S. The minimum absolute atomic E-state index is 0.0807. The van der Waals surface area contributed by atoms with E-state index in [4.69, 9.17) is 9.84 Å². The maximum absolute atomic E-state index is 15.3. The topological polar surface area (TPSA) is 84.3 Å². The molecule has 0 fully saturated rings. The number of rotatable bonds is 9. The van der Waals surface area contributed by atoms with Gasteiger partial charge in [0.1, 0.15) is 18.0 Å². The molecule has 0 saturated heterocycles. The van der Waals surface area contributed by atoms with Crippen molar-refractivity contribution in [3.05, 3.63) is 69.9 Å². The lowest BCUT2D eigenvalue weighted by Crippen LogP contribution is -2.08. The van der Waals surface area contributed by atoms with Crippen molar-refractivity contribution in [1.82, 2.24) is 9.97 Å². The van der Waals surface area contributed by atoms with E-state index in [-0.39, 0.29) is 35.7 Å². The molecule has 0 aliphatic heterocycles. The monoisotopic (exact) mass is 497 g/mol. The summed E-state index contributed by atoms with van der Waals surface area (Å²) >= 11 is 1.66. The quantitative estimate of drug-likeness (QED) is 0.298. The van der Waals surface area contributed by atoms with E-state index in [0.29, 0.717) is 24.5 Å². The summed E-state index contributed by atoms with van der Waals surface area (Å²) in [5.74, 6) is -1.54. The summed E-state index contributed by atoms with van der Waals surface area (Å²) in [6.45, 7) is 6.40. The zero-order chi connectivity index (χ0) is 25.1. The number of hydrogen-bond donors (Lipinski definition) is 2. The Labute approximate surface area is 205 Å². The Morgan fingerprint density at radius 2 is 1.97 bits per heavy atom. The second-order valence-electron chi connectivity index (χ2n) is 8.12. The number of hydrogen-bond acceptors (Lipinski definition) is 6. The van der Waals surface area contributed by atoms with Crippen molar-refractivity contribution in [2.45, 2.75) is 33.6 Å². The first kappa shape index (κ1) is 24.5. The summed E-state index contributed by atoms with van der Waals surface area (Å²) in [6.07, 6.45) is 1.66. The number of carboxylic acid groups (broad SMARTS) is 1. The van der Waals surface area contributed by atoms with Gasteiger partial charge in [-0.1, -0.05) is 6.07 Å². The number of carboxylic acids is 1. The van der Waals surface area contributed by atoms with Crippen molar-refractivity contribution >= 4 is 33.2 Å². The van der Waals surface area contributed by atoms with Crippen LogP contribution >= 0.6 is 11.3 Å². The molecule has 0 unspecified atom stereocenters. The number of halogens is 2. The van der Waals surface area contributed by atoms with Crippen LogP contribution in [0.5, 0.6) is 5.75 Å². The van der Waals surface area contributed by atoms with Crippen LogP contribution in [0.2, 0.25) is 0 Å². The molecule has 0 atom stereocenters. The zero-order valence-electron chi connectivity index (χ0n) is 19.6. The minimum atomic E-state index is -1.07. The molecule has 0 bridgehead atoms. The van der Waals surface area contributed by atoms with Crippen LogP contribution in [0.4, 0.5) is 14.6 Å². The molecule has 0 radical (unpaired) electrons. The van der Waals surface area contributed by atoms with Gasteiger partial charge in [0.2, 0.25) is 0 Å². The summed E-state index contributed by atoms with van der Waals surface area (Å²) in [4.78, 5) is 20.7. The van der Waals surface area contributed by atoms with Crippen molar-refractivity contribution in [2.24, 2.45) is 0 Å². The molecule has 4 rings (SSSR count). The fourth-order valence-corrected chi connectivity index (χ4v) is 5.27. The molecule has 0 saturated carbocycles. The van der Waals surface area contributed by atoms with Gasteiger partial charge >= 0.3 is 5.97 Å². The molecule has 2 heterocycles. The number of nitrogens with one attached hydrogen (secondary N) is 1. The molecule has 2 aromatic carbocycles. The molecule has 182 valence electrons. The molecule has 0 aliphatic carbocycles. The number of anilines is 1. The van der Waals surface area contributed by atoms with E-state index in [2.05, 4.69) is 15.3 Å². The molecule has 2 aromatic heterocycles. The third kappa shape index (κ3) is 5.24. The maximum atomic E-state index is 15.3. The number of thiophene rings is 1. The van der Waals surface area contributed by atoms with Gasteiger partial charge in [0, 0.05) is 33.3 Å². The van der Waals surface area contributed by atoms with Crippen LogP contribution in [0.1, 0.15) is 28.5 Å². The van der Waals surface area contributed by atoms with Crippen LogP contribution in [0.15, 0.2) is 36.7 Å². The second-order valence-corrected chi connectivity index (χ2v) is 9.35. The number of aliphatic carboxylic acids is 1. The van der Waals surface area contributed by atoms with E-state index in [9.17, 15) is 9.18 Å². The number of aromatic nitrogens is 2. The smallest absolute Gasteiger partial charge is 0.307 e. The van der Waals surface area contributed by atoms with Gasteiger partial charge in [0.25, 0.3) is 0 Å². The van der Waals surface area contributed by atoms with E-state index >= 15 is 4.39 Å². The summed E-state index contributed by atoms with van der Waals surface area (Å²) in [6, 6.07) is 7.80. The second kappa shape index (κ2) is 10.4. The Bertz CT molecular complexity index is 1400. The molecule has 4 aromatic rings. The summed E-state index contributed by atoms with van der Waals surface area (Å²) < 4.78 is 35.7. The van der Waals surface area contributed by atoms with Crippen LogP contribution in [-0.4, -0.2) is 34.2 Å². The van der Waals surface area contributed by atoms with Gasteiger partial charge in [-0.05, 0) is 61.9 Å². The molecule has 9 heteroatoms. The van der Waals surface area contributed by atoms with E-state index in [1.54, 1.807) is 36.5 Å². The van der Waals surface area contributed by atoms with Gasteiger partial charge < -0.3 is 15.2 Å². The highest BCUT2D eigenvalue weighted by atomic mass is 32.1. The lowest BCUT2D eigenvalue weighted by atomic mass is 10.0. The van der Waals surface area contributed by atoms with Gasteiger partial charge in [-0.25, -0.2) is 18.7 Å². The van der Waals surface area contributed by atoms with Crippen molar-refractivity contribution in [3.8, 4) is 17.0 Å². The number of carbonyl (C=O) groups is 1. The Kier molecular flexibility index (Phi) is 7.25. The average molecular weight is 498 g/mol. The van der Waals surface area contributed by atoms with Crippen LogP contribution in [-0.2, 0) is 17.6 Å². The zero-order valence-corrected chi connectivity index (χ0v) is 20.4. The highest BCUT2D eigenvalue weighted by Crippen LogP contribution is 2.35. The maximum Gasteiger partial charge on any atom is 0.307 e. The summed E-state index contributed by atoms with van der Waals surface area (Å²) in [5.41, 5.74) is 2.82. The van der Waals surface area contributed by atoms with Gasteiger partial charge in [-0.3, -0.25) is 4.79 Å². The van der Waals surface area contributed by atoms with Gasteiger partial charge in [0.05, 0.1) is 18.7 Å². The highest BCUT2D eigenvalue weighted by Gasteiger charge is 2.19. The number of nitrogens with zero attached hydrogens (tertiary/aromatic N) is 2. The molecule has 2 N–H and O–H groups in total. The molecule has 35 heavy (non-hydrogen) atoms. The molecule has 6 nitrogen and oxygen atoms in total. The third-order valence-electron chi connectivity index (χ3n) is 5.68. The Hall–Kier alpha value is -3.59. The van der Waals surface area contributed by atoms with Crippen molar-refractivity contribution in [3.63, 3.8) is 0 Å². The van der Waals surface area contributed by atoms with E-state index < -0.39 is 11.8 Å². The number of ether oxygens (including phenoxy) is 1. The minimum Gasteiger partial charge on any atom is -0.490 e. The molecule has 0 amide bonds. The van der Waals surface area contributed by atoms with Crippen LogP contribution in [0.25, 0.3) is 21.3 Å². The van der Waals surface area contributed by atoms with Crippen LogP contribution < -0.4 is 10.1 Å². The van der Waals surface area contributed by atoms with Gasteiger partial charge in [0.15, 0.2) is 11.6 Å². The van der Waals surface area contributed by atoms with Gasteiger partial charge in [-0.15, -0.1) is 11.3 Å². The highest BCUT2D eigenvalue weighted by molar-refractivity contribution is 7.19. The number of benzene rings is 2. The standard InChI is InChI=1S/C26H25F2N3O3S/c1-4-34-25-16(10-23(32)33)5-6-19(24(25)28)21-12-22(31-13-30-21)29-8-7-18-15(3)35-26-14(2)9-17(27)11-20(18)26/h5-6,9,11-13H,4,7-8,10H2,1-3H3,(H,32,33)(H,29,30,31). The predicted molar refractivity (Wildman–Crippen MR) is 133 cm³/mol. The van der Waals surface area contributed by atoms with Crippen molar-refractivity contribution in [1.29, 1.82) is 0 Å². The van der Waals surface area contributed by atoms with Crippen LogP contribution in [0, 0.1) is 25.5 Å². The Balaban J connectivity index is 1.55. The van der Waals surface area contributed by atoms with E-state index in [1.807, 2.05) is 13.8 Å². The van der Waals surface area contributed by atoms with Gasteiger partial charge in [-0.2, -0.15) is 0 Å². The lowest BCUT2D eigenvalue weighted by molar-refractivity contribution is -0.136. The van der Waals surface area contributed by atoms with E-state index in [0.717, 1.165) is 26.1 Å². The molecular weight excluding hydrogens is 472 g/mol. The fourth-order valence-electron chi connectivity index (χ4n) is 4.12.